The van der Waals surface area contributed by atoms with Crippen molar-refractivity contribution in [3.63, 3.8) is 0 Å². The molecule has 0 fully saturated rings. The molecule has 0 aromatic heterocycles. The van der Waals surface area contributed by atoms with Gasteiger partial charge < -0.3 is 0 Å². The van der Waals surface area contributed by atoms with Crippen LogP contribution >= 0.6 is 11.8 Å². The number of hydrogen-bond donors (Lipinski definition) is 0. The SMILES string of the molecule is C=C(CCC(=C)c1ccc2c(c1)SC(F)(F)C(F)(F)C2)c1ccc(C)cc1. The number of benzene rings is 2. The summed E-state index contributed by atoms with van der Waals surface area (Å²) in [4.78, 5) is 0.196. The molecule has 0 aliphatic carbocycles. The van der Waals surface area contributed by atoms with Crippen LogP contribution in [-0.2, 0) is 6.42 Å². The van der Waals surface area contributed by atoms with Gasteiger partial charge in [-0.15, -0.1) is 0 Å². The molecule has 1 aliphatic rings. The Labute approximate surface area is 161 Å². The minimum absolute atomic E-state index is 0.0667. The van der Waals surface area contributed by atoms with Crippen LogP contribution in [0.15, 0.2) is 60.5 Å². The van der Waals surface area contributed by atoms with Crippen molar-refractivity contribution >= 4 is 22.9 Å². The smallest absolute Gasteiger partial charge is 0.198 e. The second-order valence-corrected chi connectivity index (χ2v) is 8.05. The van der Waals surface area contributed by atoms with Gasteiger partial charge in [-0.05, 0) is 65.4 Å². The fourth-order valence-corrected chi connectivity index (χ4v) is 3.90. The van der Waals surface area contributed by atoms with Gasteiger partial charge in [0.05, 0.1) is 0 Å². The highest BCUT2D eigenvalue weighted by molar-refractivity contribution is 8.00. The zero-order valence-corrected chi connectivity index (χ0v) is 15.8. The molecule has 0 N–H and O–H groups in total. The zero-order chi connectivity index (χ0) is 19.8. The monoisotopic (exact) mass is 392 g/mol. The van der Waals surface area contributed by atoms with Gasteiger partial charge in [0.1, 0.15) is 0 Å². The van der Waals surface area contributed by atoms with Crippen molar-refractivity contribution < 1.29 is 17.6 Å². The van der Waals surface area contributed by atoms with Gasteiger partial charge >= 0.3 is 11.2 Å². The molecule has 0 unspecified atom stereocenters. The fourth-order valence-electron chi connectivity index (χ4n) is 2.95. The van der Waals surface area contributed by atoms with Crippen LogP contribution in [0, 0.1) is 6.92 Å². The molecule has 0 spiro atoms. The summed E-state index contributed by atoms with van der Waals surface area (Å²) in [6.07, 6.45) is 0.350. The van der Waals surface area contributed by atoms with Crippen LogP contribution in [0.2, 0.25) is 0 Å². The van der Waals surface area contributed by atoms with Gasteiger partial charge in [0.2, 0.25) is 0 Å². The molecule has 142 valence electrons. The van der Waals surface area contributed by atoms with Crippen molar-refractivity contribution in [2.75, 3.05) is 0 Å². The van der Waals surface area contributed by atoms with Gasteiger partial charge in [0, 0.05) is 11.3 Å². The van der Waals surface area contributed by atoms with Gasteiger partial charge in [-0.3, -0.25) is 0 Å². The maximum absolute atomic E-state index is 13.6. The average molecular weight is 392 g/mol. The summed E-state index contributed by atoms with van der Waals surface area (Å²) in [6, 6.07) is 12.8. The first-order valence-corrected chi connectivity index (χ1v) is 9.41. The molecular formula is C22H20F4S. The van der Waals surface area contributed by atoms with E-state index in [9.17, 15) is 17.6 Å². The van der Waals surface area contributed by atoms with Gasteiger partial charge in [-0.2, -0.15) is 17.6 Å². The third-order valence-electron chi connectivity index (χ3n) is 4.74. The summed E-state index contributed by atoms with van der Waals surface area (Å²) in [7, 11) is 0. The minimum Gasteiger partial charge on any atom is -0.198 e. The van der Waals surface area contributed by atoms with Crippen LogP contribution in [0.4, 0.5) is 17.6 Å². The van der Waals surface area contributed by atoms with E-state index in [0.717, 1.165) is 16.7 Å². The molecule has 0 saturated heterocycles. The molecule has 27 heavy (non-hydrogen) atoms. The quantitative estimate of drug-likeness (QED) is 0.478. The Morgan fingerprint density at radius 3 is 2.11 bits per heavy atom. The van der Waals surface area contributed by atoms with E-state index < -0.39 is 17.6 Å². The fraction of sp³-hybridized carbons (Fsp3) is 0.273. The molecular weight excluding hydrogens is 372 g/mol. The van der Waals surface area contributed by atoms with Crippen molar-refractivity contribution in [1.82, 2.24) is 0 Å². The molecule has 5 heteroatoms. The van der Waals surface area contributed by atoms with E-state index in [-0.39, 0.29) is 22.2 Å². The second kappa shape index (κ2) is 7.19. The number of rotatable bonds is 5. The normalized spacial score (nSPS) is 17.2. The standard InChI is InChI=1S/C22H20F4S/c1-14-4-8-17(9-5-14)15(2)6-7-16(3)18-10-11-19-13-21(23,24)22(25,26)27-20(19)12-18/h4-5,8-12H,2-3,6-7,13H2,1H3. The van der Waals surface area contributed by atoms with Crippen LogP contribution in [0.5, 0.6) is 0 Å². The highest BCUT2D eigenvalue weighted by Gasteiger charge is 2.59. The van der Waals surface area contributed by atoms with Crippen LogP contribution in [0.25, 0.3) is 11.1 Å². The van der Waals surface area contributed by atoms with Gasteiger partial charge in [0.15, 0.2) is 0 Å². The zero-order valence-electron chi connectivity index (χ0n) is 15.0. The first-order chi connectivity index (χ1) is 12.6. The van der Waals surface area contributed by atoms with E-state index in [4.69, 9.17) is 0 Å². The predicted molar refractivity (Wildman–Crippen MR) is 104 cm³/mol. The van der Waals surface area contributed by atoms with Crippen LogP contribution in [0.1, 0.15) is 35.1 Å². The number of allylic oxidation sites excluding steroid dienone is 2. The largest absolute Gasteiger partial charge is 0.360 e. The lowest BCUT2D eigenvalue weighted by Gasteiger charge is -2.31. The van der Waals surface area contributed by atoms with Crippen molar-refractivity contribution in [2.45, 2.75) is 42.3 Å². The van der Waals surface area contributed by atoms with Crippen molar-refractivity contribution in [3.8, 4) is 0 Å². The molecule has 3 rings (SSSR count). The molecule has 0 amide bonds. The van der Waals surface area contributed by atoms with Crippen LogP contribution in [-0.4, -0.2) is 11.2 Å². The lowest BCUT2D eigenvalue weighted by Crippen LogP contribution is -2.42. The Bertz CT molecular complexity index is 882. The topological polar surface area (TPSA) is 0 Å². The summed E-state index contributed by atoms with van der Waals surface area (Å²) < 4.78 is 54.3. The van der Waals surface area contributed by atoms with Crippen molar-refractivity contribution in [3.05, 3.63) is 77.9 Å². The predicted octanol–water partition coefficient (Wildman–Crippen LogP) is 7.38. The Hall–Kier alpha value is -2.01. The molecule has 0 saturated carbocycles. The van der Waals surface area contributed by atoms with E-state index in [0.29, 0.717) is 18.4 Å². The highest BCUT2D eigenvalue weighted by atomic mass is 32.2. The molecule has 2 aromatic carbocycles. The first-order valence-electron chi connectivity index (χ1n) is 8.59. The Morgan fingerprint density at radius 2 is 1.48 bits per heavy atom. The van der Waals surface area contributed by atoms with E-state index in [1.807, 2.05) is 31.2 Å². The average Bonchev–Trinajstić information content (AvgIpc) is 2.60. The number of hydrogen-bond acceptors (Lipinski definition) is 1. The number of fused-ring (bicyclic) bond motifs is 1. The minimum atomic E-state index is -4.10. The molecule has 0 atom stereocenters. The number of halogens is 4. The van der Waals surface area contributed by atoms with Crippen molar-refractivity contribution in [2.24, 2.45) is 0 Å². The molecule has 0 radical (unpaired) electrons. The lowest BCUT2D eigenvalue weighted by molar-refractivity contribution is -0.153. The molecule has 0 nitrogen and oxygen atoms in total. The first kappa shape index (κ1) is 19.7. The van der Waals surface area contributed by atoms with Crippen LogP contribution in [0.3, 0.4) is 0 Å². The maximum atomic E-state index is 13.6. The summed E-state index contributed by atoms with van der Waals surface area (Å²) in [5, 5.41) is -4.10. The third-order valence-corrected chi connectivity index (χ3v) is 5.90. The van der Waals surface area contributed by atoms with Gasteiger partial charge in [0.25, 0.3) is 0 Å². The summed E-state index contributed by atoms with van der Waals surface area (Å²) in [6.45, 7) is 10.1. The van der Waals surface area contributed by atoms with Crippen molar-refractivity contribution in [1.29, 1.82) is 0 Å². The van der Waals surface area contributed by atoms with Crippen LogP contribution < -0.4 is 0 Å². The van der Waals surface area contributed by atoms with E-state index in [1.54, 1.807) is 12.1 Å². The highest BCUT2D eigenvalue weighted by Crippen LogP contribution is 2.53. The lowest BCUT2D eigenvalue weighted by atomic mass is 9.95. The molecule has 1 heterocycles. The number of aryl methyl sites for hydroxylation is 1. The summed E-state index contributed by atoms with van der Waals surface area (Å²) in [5.74, 6) is -4.03. The number of alkyl halides is 4. The van der Waals surface area contributed by atoms with E-state index in [2.05, 4.69) is 13.2 Å². The summed E-state index contributed by atoms with van der Waals surface area (Å²) >= 11 is -0.0667. The number of thioether (sulfide) groups is 1. The molecule has 2 aromatic rings. The van der Waals surface area contributed by atoms with Gasteiger partial charge in [-0.1, -0.05) is 55.1 Å². The Morgan fingerprint density at radius 1 is 0.926 bits per heavy atom. The van der Waals surface area contributed by atoms with E-state index in [1.165, 1.54) is 11.6 Å². The molecule has 0 bridgehead atoms. The second-order valence-electron chi connectivity index (χ2n) is 6.90. The summed E-state index contributed by atoms with van der Waals surface area (Å²) in [5.41, 5.74) is 4.90. The van der Waals surface area contributed by atoms with E-state index >= 15 is 0 Å². The maximum Gasteiger partial charge on any atom is 0.360 e. The third kappa shape index (κ3) is 4.13. The molecule has 1 aliphatic heterocycles. The Balaban J connectivity index is 1.69. The van der Waals surface area contributed by atoms with Gasteiger partial charge in [-0.25, -0.2) is 0 Å². The Kier molecular flexibility index (Phi) is 5.26.